The molecule has 0 saturated carbocycles. The van der Waals surface area contributed by atoms with Crippen LogP contribution in [0.25, 0.3) is 0 Å². The van der Waals surface area contributed by atoms with Crippen LogP contribution in [-0.2, 0) is 0 Å². The fraction of sp³-hybridized carbons (Fsp3) is 1.00. The number of hydrogen-bond acceptors (Lipinski definition) is 8. The summed E-state index contributed by atoms with van der Waals surface area (Å²) in [5.41, 5.74) is 0. The molecule has 0 radical (unpaired) electrons. The van der Waals surface area contributed by atoms with E-state index in [2.05, 4.69) is 18.1 Å². The number of halogens is 4. The minimum atomic E-state index is -4.45. The Bertz CT molecular complexity index is 573. The second-order valence-electron chi connectivity index (χ2n) is 5.73. The van der Waals surface area contributed by atoms with Gasteiger partial charge in [-0.3, -0.25) is 0 Å². The SMILES string of the molecule is CN(C)P1(F)=NP(F)(N(C)C)=NP(F)(N(C)C)=NP(F)(N(C)C)=N1. The minimum absolute atomic E-state index is 0.910. The van der Waals surface area contributed by atoms with Crippen LogP contribution in [0.15, 0.2) is 18.1 Å². The fourth-order valence-corrected chi connectivity index (χ4v) is 12.9. The lowest BCUT2D eigenvalue weighted by Crippen LogP contribution is -2.12. The van der Waals surface area contributed by atoms with Gasteiger partial charge in [-0.2, -0.15) is 34.8 Å². The smallest absolute Gasteiger partial charge is 0.232 e. The summed E-state index contributed by atoms with van der Waals surface area (Å²) in [6.45, 7) is 0. The lowest BCUT2D eigenvalue weighted by Gasteiger charge is -2.31. The molecule has 0 saturated heterocycles. The first kappa shape index (κ1) is 22.5. The van der Waals surface area contributed by atoms with Crippen molar-refractivity contribution >= 4 is 30.7 Å². The highest BCUT2D eigenvalue weighted by Gasteiger charge is 2.42. The van der Waals surface area contributed by atoms with Crippen molar-refractivity contribution in [2.75, 3.05) is 56.4 Å². The van der Waals surface area contributed by atoms with E-state index in [1.165, 1.54) is 56.4 Å². The van der Waals surface area contributed by atoms with Gasteiger partial charge in [0.2, 0.25) is 0 Å². The molecule has 0 aromatic carbocycles. The van der Waals surface area contributed by atoms with E-state index in [-0.39, 0.29) is 0 Å². The van der Waals surface area contributed by atoms with Crippen molar-refractivity contribution in [1.29, 1.82) is 0 Å². The van der Waals surface area contributed by atoms with E-state index in [4.69, 9.17) is 0 Å². The summed E-state index contributed by atoms with van der Waals surface area (Å²) in [6.07, 6.45) is 0. The van der Waals surface area contributed by atoms with Crippen LogP contribution in [0, 0.1) is 0 Å². The Hall–Kier alpha value is 0.480. The topological polar surface area (TPSA) is 62.4 Å². The van der Waals surface area contributed by atoms with E-state index >= 15 is 16.8 Å². The number of nitrogens with zero attached hydrogens (tertiary/aromatic N) is 8. The normalized spacial score (nSPS) is 40.7. The van der Waals surface area contributed by atoms with E-state index in [0.29, 0.717) is 0 Å². The van der Waals surface area contributed by atoms with Crippen LogP contribution in [0.5, 0.6) is 0 Å². The average molecular weight is 432 g/mol. The summed E-state index contributed by atoms with van der Waals surface area (Å²) in [4.78, 5) is 0. The van der Waals surface area contributed by atoms with Gasteiger partial charge >= 0.3 is 30.7 Å². The van der Waals surface area contributed by atoms with Gasteiger partial charge in [-0.25, -0.2) is 18.7 Å². The molecule has 0 aliphatic carbocycles. The molecule has 16 heteroatoms. The maximum absolute atomic E-state index is 15.3. The second-order valence-corrected chi connectivity index (χ2v) is 15.8. The molecular formula is C8H24F4N8P4. The van der Waals surface area contributed by atoms with Crippen molar-refractivity contribution in [3.05, 3.63) is 0 Å². The van der Waals surface area contributed by atoms with Crippen molar-refractivity contribution in [2.45, 2.75) is 0 Å². The predicted octanol–water partition coefficient (Wildman–Crippen LogP) is 5.91. The van der Waals surface area contributed by atoms with Crippen molar-refractivity contribution in [2.24, 2.45) is 18.1 Å². The van der Waals surface area contributed by atoms with E-state index in [1.807, 2.05) is 0 Å². The minimum Gasteiger partial charge on any atom is -0.232 e. The Morgan fingerprint density at radius 3 is 0.625 bits per heavy atom. The van der Waals surface area contributed by atoms with Crippen molar-refractivity contribution < 1.29 is 16.8 Å². The first-order valence-electron chi connectivity index (χ1n) is 6.65. The highest BCUT2D eigenvalue weighted by Crippen LogP contribution is 2.81. The largest absolute Gasteiger partial charge is 0.323 e. The molecule has 0 spiro atoms. The Morgan fingerprint density at radius 1 is 0.417 bits per heavy atom. The molecule has 8 nitrogen and oxygen atoms in total. The first-order valence-corrected chi connectivity index (χ1v) is 12.8. The van der Waals surface area contributed by atoms with Gasteiger partial charge in [-0.05, 0) is 56.4 Å². The van der Waals surface area contributed by atoms with Crippen LogP contribution < -0.4 is 0 Å². The Kier molecular flexibility index (Phi) is 6.79. The fourth-order valence-electron chi connectivity index (χ4n) is 1.29. The third-order valence-electron chi connectivity index (χ3n) is 2.95. The van der Waals surface area contributed by atoms with Crippen LogP contribution in [-0.4, -0.2) is 75.1 Å². The average Bonchev–Trinajstić information content (AvgIpc) is 2.35. The second kappa shape index (κ2) is 7.24. The zero-order valence-corrected chi connectivity index (χ0v) is 18.5. The van der Waals surface area contributed by atoms with Gasteiger partial charge in [0.25, 0.3) is 0 Å². The summed E-state index contributed by atoms with van der Waals surface area (Å²) in [6, 6.07) is 0. The van der Waals surface area contributed by atoms with Crippen molar-refractivity contribution in [1.82, 2.24) is 18.7 Å². The van der Waals surface area contributed by atoms with Crippen LogP contribution in [0.3, 0.4) is 0 Å². The maximum Gasteiger partial charge on any atom is 0.323 e. The summed E-state index contributed by atoms with van der Waals surface area (Å²) in [5, 5.41) is 0. The zero-order valence-electron chi connectivity index (χ0n) is 14.9. The summed E-state index contributed by atoms with van der Waals surface area (Å²) < 4.78 is 78.9. The third kappa shape index (κ3) is 4.41. The van der Waals surface area contributed by atoms with Gasteiger partial charge in [-0.15, -0.1) is 0 Å². The van der Waals surface area contributed by atoms with E-state index < -0.39 is 30.7 Å². The monoisotopic (exact) mass is 432 g/mol. The first-order chi connectivity index (χ1) is 10.6. The van der Waals surface area contributed by atoms with Crippen molar-refractivity contribution in [3.63, 3.8) is 0 Å². The quantitative estimate of drug-likeness (QED) is 0.410. The van der Waals surface area contributed by atoms with Gasteiger partial charge in [0.05, 0.1) is 0 Å². The third-order valence-corrected chi connectivity index (χ3v) is 14.3. The van der Waals surface area contributed by atoms with E-state index in [1.54, 1.807) is 0 Å². The molecule has 24 heavy (non-hydrogen) atoms. The molecule has 1 heterocycles. The molecule has 1 rings (SSSR count). The number of rotatable bonds is 4. The molecule has 0 amide bonds. The van der Waals surface area contributed by atoms with Gasteiger partial charge < -0.3 is 0 Å². The maximum atomic E-state index is 15.3. The van der Waals surface area contributed by atoms with Crippen LogP contribution in [0.2, 0.25) is 0 Å². The Balaban J connectivity index is 4.07. The molecular weight excluding hydrogens is 408 g/mol. The predicted molar refractivity (Wildman–Crippen MR) is 96.6 cm³/mol. The van der Waals surface area contributed by atoms with Gasteiger partial charge in [0.15, 0.2) is 0 Å². The van der Waals surface area contributed by atoms with E-state index in [9.17, 15) is 0 Å². The van der Waals surface area contributed by atoms with Gasteiger partial charge in [0.1, 0.15) is 0 Å². The zero-order chi connectivity index (χ0) is 19.1. The molecule has 0 N–H and O–H groups in total. The summed E-state index contributed by atoms with van der Waals surface area (Å²) in [5.74, 6) is 0. The Labute approximate surface area is 141 Å². The summed E-state index contributed by atoms with van der Waals surface area (Å²) in [7, 11) is -7.64. The molecule has 0 aromatic rings. The highest BCUT2D eigenvalue weighted by molar-refractivity contribution is 7.80. The molecule has 0 unspecified atom stereocenters. The number of hydrogen-bond donors (Lipinski definition) is 0. The molecule has 1 aliphatic rings. The van der Waals surface area contributed by atoms with Crippen LogP contribution in [0.4, 0.5) is 16.8 Å². The lowest BCUT2D eigenvalue weighted by atomic mass is 11.3. The summed E-state index contributed by atoms with van der Waals surface area (Å²) >= 11 is 0. The molecule has 0 bridgehead atoms. The molecule has 1 aliphatic heterocycles. The standard InChI is InChI=1S/C8H24F4N8P4/c1-17(2)21(9)13-22(10,18(3)4)15-24(12,20(7)8)16-23(11,14-21)19(5)6/h1-8H3. The highest BCUT2D eigenvalue weighted by atomic mass is 31.3. The Morgan fingerprint density at radius 2 is 0.542 bits per heavy atom. The molecule has 144 valence electrons. The molecule has 0 atom stereocenters. The lowest BCUT2D eigenvalue weighted by molar-refractivity contribution is 0.577. The van der Waals surface area contributed by atoms with Gasteiger partial charge in [-0.1, -0.05) is 0 Å². The van der Waals surface area contributed by atoms with Gasteiger partial charge in [0, 0.05) is 0 Å². The van der Waals surface area contributed by atoms with Crippen LogP contribution >= 0.6 is 30.7 Å². The molecule has 0 fully saturated rings. The molecule has 0 aromatic heterocycles. The van der Waals surface area contributed by atoms with Crippen molar-refractivity contribution in [3.8, 4) is 0 Å². The van der Waals surface area contributed by atoms with E-state index in [0.717, 1.165) is 18.7 Å². The van der Waals surface area contributed by atoms with Crippen LogP contribution in [0.1, 0.15) is 0 Å².